The van der Waals surface area contributed by atoms with Gasteiger partial charge in [-0.1, -0.05) is 6.92 Å². The van der Waals surface area contributed by atoms with Crippen LogP contribution in [0.3, 0.4) is 0 Å². The molecule has 0 aliphatic carbocycles. The zero-order valence-corrected chi connectivity index (χ0v) is 15.4. The third-order valence-electron chi connectivity index (χ3n) is 3.26. The van der Waals surface area contributed by atoms with Crippen LogP contribution < -0.4 is 5.73 Å². The third-order valence-corrected chi connectivity index (χ3v) is 3.26. The van der Waals surface area contributed by atoms with Gasteiger partial charge in [0.1, 0.15) is 0 Å². The fourth-order valence-corrected chi connectivity index (χ4v) is 2.87. The Labute approximate surface area is 135 Å². The molecule has 0 bridgehead atoms. The van der Waals surface area contributed by atoms with Gasteiger partial charge in [0.2, 0.25) is 11.8 Å². The van der Waals surface area contributed by atoms with Gasteiger partial charge in [0.05, 0.1) is 12.5 Å². The van der Waals surface area contributed by atoms with Crippen molar-refractivity contribution in [1.29, 1.82) is 0 Å². The Bertz CT molecular complexity index is 353. The van der Waals surface area contributed by atoms with Crippen LogP contribution in [0.1, 0.15) is 74.1 Å². The van der Waals surface area contributed by atoms with Crippen molar-refractivity contribution in [2.45, 2.75) is 91.3 Å². The van der Waals surface area contributed by atoms with E-state index in [4.69, 9.17) is 10.5 Å². The maximum absolute atomic E-state index is 12.8. The summed E-state index contributed by atoms with van der Waals surface area (Å²) >= 11 is 0. The first kappa shape index (κ1) is 20.9. The van der Waals surface area contributed by atoms with Crippen LogP contribution in [0.15, 0.2) is 0 Å². The van der Waals surface area contributed by atoms with Crippen molar-refractivity contribution in [2.24, 2.45) is 5.73 Å². The van der Waals surface area contributed by atoms with Crippen LogP contribution in [0.2, 0.25) is 0 Å². The highest BCUT2D eigenvalue weighted by molar-refractivity contribution is 5.78. The van der Waals surface area contributed by atoms with Crippen molar-refractivity contribution in [1.82, 2.24) is 4.90 Å². The Morgan fingerprint density at radius 3 is 1.95 bits per heavy atom. The fraction of sp³-hybridized carbons (Fsp3) is 0.882. The molecule has 22 heavy (non-hydrogen) atoms. The smallest absolute Gasteiger partial charge is 0.226 e. The topological polar surface area (TPSA) is 72.6 Å². The summed E-state index contributed by atoms with van der Waals surface area (Å²) in [5.74, 6) is -0.313. The van der Waals surface area contributed by atoms with Gasteiger partial charge in [-0.2, -0.15) is 0 Å². The van der Waals surface area contributed by atoms with Crippen molar-refractivity contribution in [3.8, 4) is 0 Å². The molecule has 0 aromatic rings. The maximum atomic E-state index is 12.8. The molecule has 5 heteroatoms. The number of amides is 2. The molecule has 0 saturated heterocycles. The predicted octanol–water partition coefficient (Wildman–Crippen LogP) is 2.86. The lowest BCUT2D eigenvalue weighted by atomic mass is 9.94. The van der Waals surface area contributed by atoms with E-state index in [-0.39, 0.29) is 41.8 Å². The van der Waals surface area contributed by atoms with Crippen molar-refractivity contribution in [3.05, 3.63) is 0 Å². The molecule has 0 fully saturated rings. The molecule has 0 radical (unpaired) electrons. The second-order valence-corrected chi connectivity index (χ2v) is 7.77. The number of ether oxygens (including phenoxy) is 1. The second-order valence-electron chi connectivity index (χ2n) is 7.77. The van der Waals surface area contributed by atoms with Crippen LogP contribution in [-0.4, -0.2) is 40.5 Å². The molecule has 0 heterocycles. The van der Waals surface area contributed by atoms with Crippen molar-refractivity contribution >= 4 is 11.8 Å². The first-order valence-corrected chi connectivity index (χ1v) is 8.12. The van der Waals surface area contributed by atoms with Gasteiger partial charge in [0.25, 0.3) is 0 Å². The summed E-state index contributed by atoms with van der Waals surface area (Å²) in [7, 11) is 0. The highest BCUT2D eigenvalue weighted by Gasteiger charge is 2.36. The minimum absolute atomic E-state index is 0.0468. The average Bonchev–Trinajstić information content (AvgIpc) is 2.28. The largest absolute Gasteiger partial charge is 0.378 e. The molecule has 0 saturated carbocycles. The number of hydrogen-bond acceptors (Lipinski definition) is 3. The zero-order valence-electron chi connectivity index (χ0n) is 15.4. The Hall–Kier alpha value is -1.10. The van der Waals surface area contributed by atoms with Gasteiger partial charge in [0.15, 0.2) is 0 Å². The molecule has 2 amide bonds. The number of carbonyl (C=O) groups excluding carboxylic acids is 2. The molecular weight excluding hydrogens is 280 g/mol. The summed E-state index contributed by atoms with van der Waals surface area (Å²) in [6.45, 7) is 14.8. The van der Waals surface area contributed by atoms with Crippen LogP contribution in [0.4, 0.5) is 0 Å². The van der Waals surface area contributed by atoms with Crippen LogP contribution in [0.25, 0.3) is 0 Å². The summed E-state index contributed by atoms with van der Waals surface area (Å²) in [4.78, 5) is 25.7. The second kappa shape index (κ2) is 8.51. The third kappa shape index (κ3) is 7.78. The van der Waals surface area contributed by atoms with E-state index in [1.54, 1.807) is 0 Å². The predicted molar refractivity (Wildman–Crippen MR) is 89.4 cm³/mol. The molecule has 0 aromatic heterocycles. The van der Waals surface area contributed by atoms with E-state index in [1.165, 1.54) is 0 Å². The average molecular weight is 314 g/mol. The minimum Gasteiger partial charge on any atom is -0.378 e. The van der Waals surface area contributed by atoms with E-state index in [0.29, 0.717) is 13.0 Å². The highest BCUT2D eigenvalue weighted by atomic mass is 16.5. The summed E-state index contributed by atoms with van der Waals surface area (Å²) in [5, 5.41) is 0. The van der Waals surface area contributed by atoms with Crippen molar-refractivity contribution in [3.63, 3.8) is 0 Å². The summed E-state index contributed by atoms with van der Waals surface area (Å²) in [6.07, 6.45) is 1.63. The monoisotopic (exact) mass is 314 g/mol. The van der Waals surface area contributed by atoms with E-state index >= 15 is 0 Å². The first-order valence-electron chi connectivity index (χ1n) is 8.12. The maximum Gasteiger partial charge on any atom is 0.226 e. The lowest BCUT2D eigenvalue weighted by Gasteiger charge is -2.46. The van der Waals surface area contributed by atoms with Gasteiger partial charge in [-0.05, 0) is 54.4 Å². The number of carbonyl (C=O) groups is 2. The summed E-state index contributed by atoms with van der Waals surface area (Å²) in [5.41, 5.74) is 4.67. The first-order chi connectivity index (χ1) is 9.89. The van der Waals surface area contributed by atoms with Gasteiger partial charge in [-0.25, -0.2) is 0 Å². The molecule has 0 rings (SSSR count). The van der Waals surface area contributed by atoms with Crippen LogP contribution in [0.5, 0.6) is 0 Å². The molecule has 0 aliphatic heterocycles. The van der Waals surface area contributed by atoms with Crippen molar-refractivity contribution in [2.75, 3.05) is 6.61 Å². The molecule has 0 aromatic carbocycles. The normalized spacial score (nSPS) is 13.8. The molecule has 1 unspecified atom stereocenters. The Kier molecular flexibility index (Phi) is 8.09. The number of nitrogens with two attached hydrogens (primary N) is 1. The Morgan fingerprint density at radius 2 is 1.59 bits per heavy atom. The highest BCUT2D eigenvalue weighted by Crippen LogP contribution is 2.26. The van der Waals surface area contributed by atoms with E-state index in [0.717, 1.165) is 6.42 Å². The zero-order chi connectivity index (χ0) is 17.6. The van der Waals surface area contributed by atoms with Gasteiger partial charge in [-0.3, -0.25) is 9.59 Å². The molecular formula is C17H34N2O3. The molecule has 0 spiro atoms. The lowest BCUT2D eigenvalue weighted by Crippen LogP contribution is -2.56. The molecule has 130 valence electrons. The van der Waals surface area contributed by atoms with E-state index < -0.39 is 0 Å². The van der Waals surface area contributed by atoms with Crippen LogP contribution in [0, 0.1) is 0 Å². The van der Waals surface area contributed by atoms with Gasteiger partial charge in [0, 0.05) is 24.1 Å². The molecule has 5 nitrogen and oxygen atoms in total. The lowest BCUT2D eigenvalue weighted by molar-refractivity contribution is -0.146. The van der Waals surface area contributed by atoms with Gasteiger partial charge >= 0.3 is 0 Å². The van der Waals surface area contributed by atoms with Crippen molar-refractivity contribution < 1.29 is 14.3 Å². The number of hydrogen-bond donors (Lipinski definition) is 1. The van der Waals surface area contributed by atoms with E-state index in [2.05, 4.69) is 0 Å². The Morgan fingerprint density at radius 1 is 1.09 bits per heavy atom. The summed E-state index contributed by atoms with van der Waals surface area (Å²) in [6, 6.07) is 0. The van der Waals surface area contributed by atoms with Gasteiger partial charge in [-0.15, -0.1) is 0 Å². The SMILES string of the molecule is CCCOC(CCC(N)=O)CC(=O)N(C(C)(C)C)C(C)(C)C. The number of primary amides is 1. The quantitative estimate of drug-likeness (QED) is 0.748. The van der Waals surface area contributed by atoms with Gasteiger partial charge < -0.3 is 15.4 Å². The molecule has 1 atom stereocenters. The number of nitrogens with zero attached hydrogens (tertiary/aromatic N) is 1. The Balaban J connectivity index is 4.98. The van der Waals surface area contributed by atoms with Crippen LogP contribution >= 0.6 is 0 Å². The van der Waals surface area contributed by atoms with E-state index in [9.17, 15) is 9.59 Å². The minimum atomic E-state index is -0.360. The molecule has 0 aliphatic rings. The fourth-order valence-electron chi connectivity index (χ4n) is 2.87. The van der Waals surface area contributed by atoms with Crippen LogP contribution in [-0.2, 0) is 14.3 Å². The molecule has 2 N–H and O–H groups in total. The number of rotatable bonds is 8. The van der Waals surface area contributed by atoms with E-state index in [1.807, 2.05) is 53.4 Å². The summed E-state index contributed by atoms with van der Waals surface area (Å²) < 4.78 is 5.73. The standard InChI is InChI=1S/C17H34N2O3/c1-8-11-22-13(9-10-14(18)20)12-15(21)19(16(2,3)4)17(5,6)7/h13H,8-12H2,1-7H3,(H2,18,20).